The van der Waals surface area contributed by atoms with Crippen LogP contribution in [0.2, 0.25) is 0 Å². The molecule has 0 saturated carbocycles. The van der Waals surface area contributed by atoms with Gasteiger partial charge >= 0.3 is 0 Å². The third-order valence-corrected chi connectivity index (χ3v) is 11.0. The van der Waals surface area contributed by atoms with Crippen LogP contribution in [0.5, 0.6) is 0 Å². The third kappa shape index (κ3) is 3.77. The van der Waals surface area contributed by atoms with E-state index in [2.05, 4.69) is 148 Å². The van der Waals surface area contributed by atoms with Crippen LogP contribution in [0.4, 0.5) is 0 Å². The van der Waals surface area contributed by atoms with Crippen molar-refractivity contribution in [1.82, 2.24) is 24.1 Å². The van der Waals surface area contributed by atoms with E-state index < -0.39 is 0 Å². The first-order valence-electron chi connectivity index (χ1n) is 16.4. The molecule has 0 N–H and O–H groups in total. The van der Waals surface area contributed by atoms with Gasteiger partial charge in [-0.1, -0.05) is 84.9 Å². The number of nitrogens with zero attached hydrogens (tertiary/aromatic N) is 5. The zero-order valence-corrected chi connectivity index (χ0v) is 26.9. The molecule has 0 aliphatic rings. The molecule has 6 heteroatoms. The van der Waals surface area contributed by atoms with E-state index in [4.69, 9.17) is 9.97 Å². The van der Waals surface area contributed by atoms with Gasteiger partial charge in [-0.25, -0.2) is 4.98 Å². The van der Waals surface area contributed by atoms with Gasteiger partial charge in [0.05, 0.1) is 39.0 Å². The molecule has 228 valence electrons. The standard InChI is InChI=1S/C43H25N5S/c1-4-14-35-27(9-1)30-20-21-31-28-10-2-5-15-36(28)48(43(31)42(30)47(35)37-16-7-13-34-41(37)45-24-23-44-34)40-18-8-12-33(46-40)26-19-22-39-32(25-26)29-11-3-6-17-38(29)49-39/h1-25H. The van der Waals surface area contributed by atoms with E-state index in [9.17, 15) is 0 Å². The molecule has 5 heterocycles. The maximum absolute atomic E-state index is 5.40. The minimum Gasteiger partial charge on any atom is -0.305 e. The summed E-state index contributed by atoms with van der Waals surface area (Å²) in [4.78, 5) is 14.9. The lowest BCUT2D eigenvalue weighted by atomic mass is 10.1. The van der Waals surface area contributed by atoms with E-state index in [1.807, 2.05) is 17.4 Å². The molecule has 0 atom stereocenters. The summed E-state index contributed by atoms with van der Waals surface area (Å²) in [6.45, 7) is 0. The van der Waals surface area contributed by atoms with Gasteiger partial charge in [0.15, 0.2) is 0 Å². The molecule has 0 bridgehead atoms. The lowest BCUT2D eigenvalue weighted by Gasteiger charge is -2.14. The van der Waals surface area contributed by atoms with Gasteiger partial charge in [-0.3, -0.25) is 14.5 Å². The highest BCUT2D eigenvalue weighted by molar-refractivity contribution is 7.25. The molecule has 0 amide bonds. The molecule has 0 aliphatic heterocycles. The van der Waals surface area contributed by atoms with Gasteiger partial charge in [0.25, 0.3) is 0 Å². The summed E-state index contributed by atoms with van der Waals surface area (Å²) in [5.41, 5.74) is 9.24. The number of hydrogen-bond donors (Lipinski definition) is 0. The summed E-state index contributed by atoms with van der Waals surface area (Å²) >= 11 is 1.84. The highest BCUT2D eigenvalue weighted by Gasteiger charge is 2.22. The highest BCUT2D eigenvalue weighted by Crippen LogP contribution is 2.42. The van der Waals surface area contributed by atoms with Gasteiger partial charge in [0.2, 0.25) is 0 Å². The van der Waals surface area contributed by atoms with Crippen LogP contribution in [0.3, 0.4) is 0 Å². The van der Waals surface area contributed by atoms with Crippen molar-refractivity contribution in [2.45, 2.75) is 0 Å². The molecule has 0 spiro atoms. The molecule has 0 radical (unpaired) electrons. The van der Waals surface area contributed by atoms with Crippen LogP contribution >= 0.6 is 11.3 Å². The quantitative estimate of drug-likeness (QED) is 0.192. The van der Waals surface area contributed by atoms with E-state index in [-0.39, 0.29) is 0 Å². The van der Waals surface area contributed by atoms with E-state index in [1.165, 1.54) is 41.7 Å². The SMILES string of the molecule is c1cc(-c2ccc3sc4ccccc4c3c2)nc(-n2c3ccccc3c3ccc4c5ccccc5n(-c5cccc6nccnc56)c4c32)c1. The Morgan fingerprint density at radius 2 is 1.14 bits per heavy atom. The first-order chi connectivity index (χ1) is 24.3. The van der Waals surface area contributed by atoms with Crippen LogP contribution in [-0.4, -0.2) is 24.1 Å². The summed E-state index contributed by atoms with van der Waals surface area (Å²) < 4.78 is 7.31. The fraction of sp³-hybridized carbons (Fsp3) is 0. The van der Waals surface area contributed by atoms with E-state index in [0.29, 0.717) is 0 Å². The molecule has 11 aromatic rings. The summed E-state index contributed by atoms with van der Waals surface area (Å²) in [6.07, 6.45) is 3.53. The molecule has 11 rings (SSSR count). The molecule has 0 fully saturated rings. The molecule has 5 aromatic heterocycles. The second-order valence-electron chi connectivity index (χ2n) is 12.5. The molecule has 0 saturated heterocycles. The van der Waals surface area contributed by atoms with Crippen LogP contribution in [0, 0.1) is 0 Å². The topological polar surface area (TPSA) is 48.5 Å². The minimum atomic E-state index is 0.864. The fourth-order valence-electron chi connectivity index (χ4n) is 7.74. The first-order valence-corrected chi connectivity index (χ1v) is 17.2. The van der Waals surface area contributed by atoms with Crippen molar-refractivity contribution < 1.29 is 0 Å². The Hall–Kier alpha value is -6.37. The van der Waals surface area contributed by atoms with Crippen LogP contribution in [0.15, 0.2) is 152 Å². The van der Waals surface area contributed by atoms with Gasteiger partial charge in [0, 0.05) is 59.7 Å². The van der Waals surface area contributed by atoms with Crippen LogP contribution in [-0.2, 0) is 0 Å². The summed E-state index contributed by atoms with van der Waals surface area (Å²) in [7, 11) is 0. The molecular weight excluding hydrogens is 619 g/mol. The average molecular weight is 644 g/mol. The number of thiophene rings is 1. The van der Waals surface area contributed by atoms with Crippen molar-refractivity contribution in [3.8, 4) is 22.8 Å². The van der Waals surface area contributed by atoms with E-state index in [0.717, 1.165) is 55.9 Å². The predicted octanol–water partition coefficient (Wildman–Crippen LogP) is 11.3. The van der Waals surface area contributed by atoms with E-state index >= 15 is 0 Å². The Morgan fingerprint density at radius 3 is 1.98 bits per heavy atom. The summed E-state index contributed by atoms with van der Waals surface area (Å²) in [5.74, 6) is 0.876. The third-order valence-electron chi connectivity index (χ3n) is 9.82. The van der Waals surface area contributed by atoms with Gasteiger partial charge in [-0.05, 0) is 54.6 Å². The van der Waals surface area contributed by atoms with Crippen LogP contribution in [0.25, 0.3) is 97.6 Å². The number of para-hydroxylation sites is 3. The molecule has 49 heavy (non-hydrogen) atoms. The fourth-order valence-corrected chi connectivity index (χ4v) is 8.83. The van der Waals surface area contributed by atoms with Crippen molar-refractivity contribution in [1.29, 1.82) is 0 Å². The van der Waals surface area contributed by atoms with Crippen molar-refractivity contribution in [2.75, 3.05) is 0 Å². The molecule has 0 unspecified atom stereocenters. The van der Waals surface area contributed by atoms with Gasteiger partial charge in [-0.15, -0.1) is 11.3 Å². The number of rotatable bonds is 3. The lowest BCUT2D eigenvalue weighted by molar-refractivity contribution is 1.08. The Kier molecular flexibility index (Phi) is 5.48. The Labute approximate surface area is 284 Å². The Bertz CT molecular complexity index is 3120. The van der Waals surface area contributed by atoms with Crippen LogP contribution < -0.4 is 0 Å². The maximum Gasteiger partial charge on any atom is 0.138 e. The van der Waals surface area contributed by atoms with Gasteiger partial charge < -0.3 is 4.57 Å². The van der Waals surface area contributed by atoms with Crippen molar-refractivity contribution in [3.05, 3.63) is 152 Å². The van der Waals surface area contributed by atoms with Crippen LogP contribution in [0.1, 0.15) is 0 Å². The smallest absolute Gasteiger partial charge is 0.138 e. The lowest BCUT2D eigenvalue weighted by Crippen LogP contribution is -2.02. The summed E-state index contributed by atoms with van der Waals surface area (Å²) in [6, 6.07) is 49.8. The number of benzene rings is 6. The van der Waals surface area contributed by atoms with Crippen molar-refractivity contribution in [2.24, 2.45) is 0 Å². The number of aromatic nitrogens is 5. The molecule has 0 aliphatic carbocycles. The average Bonchev–Trinajstić information content (AvgIpc) is 3.82. The van der Waals surface area contributed by atoms with Gasteiger partial charge in [-0.2, -0.15) is 0 Å². The predicted molar refractivity (Wildman–Crippen MR) is 204 cm³/mol. The largest absolute Gasteiger partial charge is 0.305 e. The second kappa shape index (κ2) is 10.1. The maximum atomic E-state index is 5.40. The Balaban J connectivity index is 1.25. The van der Waals surface area contributed by atoms with E-state index in [1.54, 1.807) is 12.4 Å². The number of pyridine rings is 1. The number of fused-ring (bicyclic) bond motifs is 11. The van der Waals surface area contributed by atoms with Crippen molar-refractivity contribution in [3.63, 3.8) is 0 Å². The minimum absolute atomic E-state index is 0.864. The van der Waals surface area contributed by atoms with Gasteiger partial charge in [0.1, 0.15) is 11.3 Å². The normalized spacial score (nSPS) is 12.1. The zero-order chi connectivity index (χ0) is 32.1. The first kappa shape index (κ1) is 26.7. The monoisotopic (exact) mass is 643 g/mol. The second-order valence-corrected chi connectivity index (χ2v) is 13.5. The molecule has 6 aromatic carbocycles. The molecule has 5 nitrogen and oxygen atoms in total. The zero-order valence-electron chi connectivity index (χ0n) is 26.1. The highest BCUT2D eigenvalue weighted by atomic mass is 32.1. The summed E-state index contributed by atoms with van der Waals surface area (Å²) in [5, 5.41) is 7.29. The Morgan fingerprint density at radius 1 is 0.469 bits per heavy atom. The molecular formula is C43H25N5S. The number of hydrogen-bond acceptors (Lipinski definition) is 4. The van der Waals surface area contributed by atoms with Crippen molar-refractivity contribution >= 4 is 86.2 Å².